The van der Waals surface area contributed by atoms with Crippen LogP contribution in [0.15, 0.2) is 48.5 Å². The number of aryl methyl sites for hydroxylation is 1. The van der Waals surface area contributed by atoms with Crippen molar-refractivity contribution in [3.05, 3.63) is 70.2 Å². The highest BCUT2D eigenvalue weighted by Crippen LogP contribution is 2.30. The minimum atomic E-state index is -1.06. The Morgan fingerprint density at radius 2 is 1.93 bits per heavy atom. The molecule has 2 saturated heterocycles. The SMILES string of the molecule is Cc1ccc(CN2C(=O)NC3(CCCN(C(=O)c4cccc(Cl)c4)C3)C2=O)cc1. The molecule has 1 N–H and O–H groups in total. The molecule has 2 aliphatic heterocycles. The molecule has 150 valence electrons. The fourth-order valence-corrected chi connectivity index (χ4v) is 4.20. The van der Waals surface area contributed by atoms with Gasteiger partial charge >= 0.3 is 6.03 Å². The maximum atomic E-state index is 13.2. The highest BCUT2D eigenvalue weighted by Gasteiger charge is 2.53. The zero-order chi connectivity index (χ0) is 20.6. The Hall–Kier alpha value is -2.86. The molecule has 1 unspecified atom stereocenters. The molecule has 7 heteroatoms. The number of urea groups is 1. The number of nitrogens with zero attached hydrogens (tertiary/aromatic N) is 2. The molecule has 4 amide bonds. The molecule has 4 rings (SSSR count). The summed E-state index contributed by atoms with van der Waals surface area (Å²) < 4.78 is 0. The van der Waals surface area contributed by atoms with Crippen LogP contribution in [-0.2, 0) is 11.3 Å². The summed E-state index contributed by atoms with van der Waals surface area (Å²) in [5, 5.41) is 3.35. The molecule has 0 saturated carbocycles. The molecule has 0 radical (unpaired) electrons. The van der Waals surface area contributed by atoms with Crippen molar-refractivity contribution < 1.29 is 14.4 Å². The van der Waals surface area contributed by atoms with Crippen molar-refractivity contribution in [3.63, 3.8) is 0 Å². The van der Waals surface area contributed by atoms with E-state index in [1.165, 1.54) is 4.90 Å². The van der Waals surface area contributed by atoms with E-state index in [1.807, 2.05) is 31.2 Å². The van der Waals surface area contributed by atoms with Crippen LogP contribution in [0.4, 0.5) is 4.79 Å². The zero-order valence-corrected chi connectivity index (χ0v) is 16.9. The number of hydrogen-bond acceptors (Lipinski definition) is 3. The van der Waals surface area contributed by atoms with Gasteiger partial charge in [0.05, 0.1) is 13.1 Å². The number of nitrogens with one attached hydrogen (secondary N) is 1. The number of imide groups is 1. The number of piperidine rings is 1. The Balaban J connectivity index is 1.53. The molecular formula is C22H22ClN3O3. The summed E-state index contributed by atoms with van der Waals surface area (Å²) >= 11 is 6.01. The molecule has 0 aromatic heterocycles. The summed E-state index contributed by atoms with van der Waals surface area (Å²) in [7, 11) is 0. The molecular weight excluding hydrogens is 390 g/mol. The first-order chi connectivity index (χ1) is 13.9. The Kier molecular flexibility index (Phi) is 5.04. The molecule has 0 bridgehead atoms. The Bertz CT molecular complexity index is 976. The van der Waals surface area contributed by atoms with E-state index in [-0.39, 0.29) is 24.9 Å². The lowest BCUT2D eigenvalue weighted by Crippen LogP contribution is -2.59. The second kappa shape index (κ2) is 7.52. The Labute approximate surface area is 174 Å². The van der Waals surface area contributed by atoms with E-state index in [1.54, 1.807) is 29.2 Å². The molecule has 1 spiro atoms. The average molecular weight is 412 g/mol. The van der Waals surface area contributed by atoms with Gasteiger partial charge in [0.2, 0.25) is 0 Å². The van der Waals surface area contributed by atoms with Gasteiger partial charge in [-0.3, -0.25) is 14.5 Å². The fourth-order valence-electron chi connectivity index (χ4n) is 4.01. The summed E-state index contributed by atoms with van der Waals surface area (Å²) in [6, 6.07) is 14.1. The van der Waals surface area contributed by atoms with E-state index in [2.05, 4.69) is 5.32 Å². The Morgan fingerprint density at radius 3 is 2.66 bits per heavy atom. The van der Waals surface area contributed by atoms with Gasteiger partial charge in [-0.1, -0.05) is 47.5 Å². The lowest BCUT2D eigenvalue weighted by atomic mass is 9.88. The van der Waals surface area contributed by atoms with Crippen LogP contribution in [-0.4, -0.2) is 46.3 Å². The number of benzene rings is 2. The van der Waals surface area contributed by atoms with E-state index >= 15 is 0 Å². The summed E-state index contributed by atoms with van der Waals surface area (Å²) in [4.78, 5) is 41.6. The van der Waals surface area contributed by atoms with Gasteiger partial charge < -0.3 is 10.2 Å². The second-order valence-electron chi connectivity index (χ2n) is 7.73. The van der Waals surface area contributed by atoms with Crippen molar-refractivity contribution in [2.75, 3.05) is 13.1 Å². The van der Waals surface area contributed by atoms with Crippen molar-refractivity contribution in [3.8, 4) is 0 Å². The van der Waals surface area contributed by atoms with E-state index in [9.17, 15) is 14.4 Å². The van der Waals surface area contributed by atoms with Crippen LogP contribution in [0.3, 0.4) is 0 Å². The van der Waals surface area contributed by atoms with Crippen LogP contribution in [0, 0.1) is 6.92 Å². The number of carbonyl (C=O) groups excluding carboxylic acids is 3. The molecule has 6 nitrogen and oxygen atoms in total. The number of halogens is 1. The minimum Gasteiger partial charge on any atom is -0.336 e. The number of likely N-dealkylation sites (tertiary alicyclic amines) is 1. The van der Waals surface area contributed by atoms with Crippen molar-refractivity contribution in [2.45, 2.75) is 31.8 Å². The van der Waals surface area contributed by atoms with Crippen LogP contribution >= 0.6 is 11.6 Å². The summed E-state index contributed by atoms with van der Waals surface area (Å²) in [6.45, 7) is 2.90. The maximum absolute atomic E-state index is 13.2. The van der Waals surface area contributed by atoms with Crippen LogP contribution in [0.2, 0.25) is 5.02 Å². The lowest BCUT2D eigenvalue weighted by Gasteiger charge is -2.38. The van der Waals surface area contributed by atoms with Gasteiger partial charge in [-0.25, -0.2) is 4.79 Å². The highest BCUT2D eigenvalue weighted by atomic mass is 35.5. The number of carbonyl (C=O) groups is 3. The first-order valence-corrected chi connectivity index (χ1v) is 10.0. The lowest BCUT2D eigenvalue weighted by molar-refractivity contribution is -0.133. The largest absolute Gasteiger partial charge is 0.336 e. The topological polar surface area (TPSA) is 69.7 Å². The third-order valence-corrected chi connectivity index (χ3v) is 5.79. The quantitative estimate of drug-likeness (QED) is 0.787. The monoisotopic (exact) mass is 411 g/mol. The van der Waals surface area contributed by atoms with Crippen LogP contribution in [0.25, 0.3) is 0 Å². The van der Waals surface area contributed by atoms with E-state index < -0.39 is 11.6 Å². The first kappa shape index (κ1) is 19.5. The summed E-state index contributed by atoms with van der Waals surface area (Å²) in [6.07, 6.45) is 1.15. The average Bonchev–Trinajstić information content (AvgIpc) is 2.93. The van der Waals surface area contributed by atoms with Gasteiger partial charge in [-0.05, 0) is 43.5 Å². The Morgan fingerprint density at radius 1 is 1.17 bits per heavy atom. The van der Waals surface area contributed by atoms with E-state index in [4.69, 9.17) is 11.6 Å². The molecule has 29 heavy (non-hydrogen) atoms. The molecule has 1 atom stereocenters. The summed E-state index contributed by atoms with van der Waals surface area (Å²) in [5.41, 5.74) is 1.42. The first-order valence-electron chi connectivity index (χ1n) is 9.62. The third kappa shape index (κ3) is 3.72. The van der Waals surface area contributed by atoms with Gasteiger partial charge in [-0.2, -0.15) is 0 Å². The van der Waals surface area contributed by atoms with Crippen molar-refractivity contribution in [2.24, 2.45) is 0 Å². The fraction of sp³-hybridized carbons (Fsp3) is 0.318. The molecule has 2 aliphatic rings. The van der Waals surface area contributed by atoms with Crippen molar-refractivity contribution in [1.82, 2.24) is 15.1 Å². The van der Waals surface area contributed by atoms with E-state index in [0.29, 0.717) is 30.0 Å². The molecule has 0 aliphatic carbocycles. The van der Waals surface area contributed by atoms with Crippen molar-refractivity contribution >= 4 is 29.4 Å². The van der Waals surface area contributed by atoms with Crippen molar-refractivity contribution in [1.29, 1.82) is 0 Å². The van der Waals surface area contributed by atoms with Gasteiger partial charge in [0.25, 0.3) is 11.8 Å². The number of hydrogen-bond donors (Lipinski definition) is 1. The van der Waals surface area contributed by atoms with Gasteiger partial charge in [0.15, 0.2) is 0 Å². The van der Waals surface area contributed by atoms with E-state index in [0.717, 1.165) is 11.1 Å². The molecule has 2 aromatic rings. The van der Waals surface area contributed by atoms with Gasteiger partial charge in [-0.15, -0.1) is 0 Å². The van der Waals surface area contributed by atoms with Gasteiger partial charge in [0, 0.05) is 17.1 Å². The standard InChI is InChI=1S/C22H22ClN3O3/c1-15-6-8-16(9-7-15)13-26-20(28)22(24-21(26)29)10-3-11-25(14-22)19(27)17-4-2-5-18(23)12-17/h2,4-9,12H,3,10-11,13-14H2,1H3,(H,24,29). The number of amides is 4. The van der Waals surface area contributed by atoms with Crippen LogP contribution in [0.1, 0.15) is 34.3 Å². The predicted molar refractivity (Wildman–Crippen MR) is 110 cm³/mol. The molecule has 2 fully saturated rings. The molecule has 2 aromatic carbocycles. The second-order valence-corrected chi connectivity index (χ2v) is 8.17. The predicted octanol–water partition coefficient (Wildman–Crippen LogP) is 3.38. The third-order valence-electron chi connectivity index (χ3n) is 5.56. The zero-order valence-electron chi connectivity index (χ0n) is 16.2. The normalized spacial score (nSPS) is 21.6. The van der Waals surface area contributed by atoms with Crippen LogP contribution in [0.5, 0.6) is 0 Å². The summed E-state index contributed by atoms with van der Waals surface area (Å²) in [5.74, 6) is -0.461. The van der Waals surface area contributed by atoms with Gasteiger partial charge in [0.1, 0.15) is 5.54 Å². The van der Waals surface area contributed by atoms with Crippen LogP contribution < -0.4 is 5.32 Å². The number of rotatable bonds is 3. The highest BCUT2D eigenvalue weighted by molar-refractivity contribution is 6.31. The maximum Gasteiger partial charge on any atom is 0.325 e. The minimum absolute atomic E-state index is 0.160. The smallest absolute Gasteiger partial charge is 0.325 e. The molecule has 2 heterocycles.